The highest BCUT2D eigenvalue weighted by molar-refractivity contribution is 6.23. The number of aliphatic hydroxyl groups excluding tert-OH is 1. The van der Waals surface area contributed by atoms with Gasteiger partial charge < -0.3 is 34.6 Å². The number of carbonyl (C=O) groups excluding carboxylic acids is 4. The summed E-state index contributed by atoms with van der Waals surface area (Å²) >= 11 is 0. The summed E-state index contributed by atoms with van der Waals surface area (Å²) in [6.07, 6.45) is 12.4. The highest BCUT2D eigenvalue weighted by atomic mass is 16.5. The van der Waals surface area contributed by atoms with E-state index in [1.54, 1.807) is 9.80 Å². The quantitative estimate of drug-likeness (QED) is 0.0502. The normalized spacial score (nSPS) is 20.6. The molecule has 462 valence electrons. The fourth-order valence-corrected chi connectivity index (χ4v) is 15.5. The minimum Gasteiger partial charge on any atom is -0.511 e. The number of piperidine rings is 1. The van der Waals surface area contributed by atoms with E-state index in [1.165, 1.54) is 50.2 Å². The van der Waals surface area contributed by atoms with Gasteiger partial charge in [-0.2, -0.15) is 0 Å². The number of anilines is 2. The Kier molecular flexibility index (Phi) is 18.4. The molecule has 3 aliphatic carbocycles. The zero-order valence-electron chi connectivity index (χ0n) is 53.5. The van der Waals surface area contributed by atoms with Gasteiger partial charge in [-0.05, 0) is 156 Å². The Morgan fingerprint density at radius 2 is 1.55 bits per heavy atom. The number of benzene rings is 4. The van der Waals surface area contributed by atoms with Crippen molar-refractivity contribution in [2.45, 2.75) is 150 Å². The molecule has 2 N–H and O–H groups in total. The Morgan fingerprint density at radius 3 is 2.33 bits per heavy atom. The Hall–Kier alpha value is -7.37. The number of allylic oxidation sites excluding steroid dienone is 5. The van der Waals surface area contributed by atoms with Crippen LogP contribution in [-0.2, 0) is 48.7 Å². The smallest absolute Gasteiger partial charge is 0.254 e. The number of likely N-dealkylation sites (N-methyl/N-ethyl adjacent to an activating group) is 1. The van der Waals surface area contributed by atoms with Crippen molar-refractivity contribution in [2.24, 2.45) is 16.3 Å². The molecule has 13 heteroatoms. The van der Waals surface area contributed by atoms with Gasteiger partial charge in [0.1, 0.15) is 5.76 Å². The molecule has 4 heterocycles. The van der Waals surface area contributed by atoms with Crippen LogP contribution in [0.5, 0.6) is 0 Å². The van der Waals surface area contributed by atoms with Crippen LogP contribution in [0.15, 0.2) is 124 Å². The number of hydrogen-bond acceptors (Lipinski definition) is 10. The van der Waals surface area contributed by atoms with Crippen LogP contribution in [0.1, 0.15) is 168 Å². The largest absolute Gasteiger partial charge is 0.511 e. The summed E-state index contributed by atoms with van der Waals surface area (Å²) in [6, 6.07) is 26.4. The Bertz CT molecular complexity index is 3640. The van der Waals surface area contributed by atoms with Gasteiger partial charge in [-0.3, -0.25) is 29.1 Å². The number of para-hydroxylation sites is 1. The van der Waals surface area contributed by atoms with Crippen molar-refractivity contribution in [3.05, 3.63) is 169 Å². The number of aliphatic imine (C=N–C) groups is 1. The zero-order valence-corrected chi connectivity index (χ0v) is 53.5. The molecule has 1 fully saturated rings. The van der Waals surface area contributed by atoms with E-state index in [9.17, 15) is 24.3 Å². The van der Waals surface area contributed by atoms with Crippen molar-refractivity contribution >= 4 is 46.2 Å². The van der Waals surface area contributed by atoms with Crippen LogP contribution < -0.4 is 15.1 Å². The SMILES string of the molecule is CCN1C2C=C3C(=C(c4ccccc4C(=O)N(C)CCCC(=O)NCCOCCOCCC(=NCCC(=O)N4Cc5ccccc5C#Cc5ccccc54)C4=C(O)CC(C)(C)CC4=O)c4cc5c6c(c4C3(C)C)CCCN6CCC5)C=C2C(C)CC1(C)C. The van der Waals surface area contributed by atoms with Crippen LogP contribution in [-0.4, -0.2) is 128 Å². The molecule has 4 aromatic rings. The molecule has 1 saturated heterocycles. The van der Waals surface area contributed by atoms with E-state index in [-0.39, 0.29) is 109 Å². The van der Waals surface area contributed by atoms with Gasteiger partial charge in [0, 0.05) is 105 Å². The molecule has 0 radical (unpaired) electrons. The average Bonchev–Trinajstić information content (AvgIpc) is 0.700. The minimum atomic E-state index is -0.383. The Balaban J connectivity index is 0.687. The van der Waals surface area contributed by atoms with Crippen LogP contribution in [0.3, 0.4) is 0 Å². The van der Waals surface area contributed by atoms with Gasteiger partial charge in [-0.25, -0.2) is 0 Å². The molecule has 11 rings (SSSR count). The van der Waals surface area contributed by atoms with E-state index in [0.717, 1.165) is 79.7 Å². The first-order valence-corrected chi connectivity index (χ1v) is 32.4. The number of aryl methyl sites for hydroxylation is 1. The maximum atomic E-state index is 14.9. The second-order valence-electron chi connectivity index (χ2n) is 27.2. The monoisotopic (exact) mass is 1190 g/mol. The number of rotatable bonds is 20. The van der Waals surface area contributed by atoms with Crippen molar-refractivity contribution in [1.82, 2.24) is 15.1 Å². The molecule has 7 aliphatic rings. The maximum Gasteiger partial charge on any atom is 0.254 e. The standard InChI is InChI=1S/C75H90N6O7/c1-10-81-63-44-60-58(43-57(63)49(2)45-74(81,5)6)68(59-42-52-23-17-36-79-37-18-26-56(71(52)79)70(59)75(60,7)8)54-24-14-15-25-55(54)72(86)78(9)35-19-28-66(84)77-34-39-88-41-40-87-38-32-61(69-64(82)46-73(3,4)47-65(69)83)76-33-31-67(85)80-48-53-22-12-11-20-50(53)29-30-51-21-13-16-27-62(51)80/h11-16,20-22,24-25,27,42-44,49,63,82H,10,17-19,23,26,28,31-41,45-48H2,1-9H3,(H,77,84). The lowest BCUT2D eigenvalue weighted by molar-refractivity contribution is -0.121. The number of likely N-dealkylation sites (tertiary alicyclic amines) is 1. The van der Waals surface area contributed by atoms with Crippen LogP contribution in [0.25, 0.3) is 5.57 Å². The zero-order chi connectivity index (χ0) is 62.1. The fraction of sp³-hybridized carbons (Fsp3) is 0.480. The van der Waals surface area contributed by atoms with Gasteiger partial charge in [0.15, 0.2) is 5.78 Å². The van der Waals surface area contributed by atoms with E-state index in [0.29, 0.717) is 56.3 Å². The molecule has 4 aromatic carbocycles. The lowest BCUT2D eigenvalue weighted by Gasteiger charge is -2.53. The average molecular weight is 1190 g/mol. The molecule has 0 spiro atoms. The van der Waals surface area contributed by atoms with Gasteiger partial charge >= 0.3 is 0 Å². The Morgan fingerprint density at radius 1 is 0.830 bits per heavy atom. The third-order valence-electron chi connectivity index (χ3n) is 19.5. The van der Waals surface area contributed by atoms with E-state index in [4.69, 9.17) is 14.5 Å². The number of nitrogens with one attached hydrogen (secondary N) is 1. The lowest BCUT2D eigenvalue weighted by Crippen LogP contribution is -2.56. The van der Waals surface area contributed by atoms with Crippen LogP contribution in [0, 0.1) is 23.2 Å². The number of amides is 3. The third-order valence-corrected chi connectivity index (χ3v) is 19.5. The summed E-state index contributed by atoms with van der Waals surface area (Å²) in [4.78, 5) is 69.3. The minimum absolute atomic E-state index is 0.0155. The molecule has 2 atom stereocenters. The van der Waals surface area contributed by atoms with Gasteiger partial charge in [-0.1, -0.05) is 114 Å². The molecule has 0 aromatic heterocycles. The summed E-state index contributed by atoms with van der Waals surface area (Å²) in [5.41, 5.74) is 17.4. The molecular weight excluding hydrogens is 1100 g/mol. The highest BCUT2D eigenvalue weighted by Crippen LogP contribution is 2.57. The van der Waals surface area contributed by atoms with Crippen LogP contribution >= 0.6 is 0 Å². The van der Waals surface area contributed by atoms with Gasteiger partial charge in [-0.15, -0.1) is 0 Å². The van der Waals surface area contributed by atoms with Crippen molar-refractivity contribution in [3.63, 3.8) is 0 Å². The second-order valence-corrected chi connectivity index (χ2v) is 27.2. The maximum absolute atomic E-state index is 14.9. The molecule has 4 aliphatic heterocycles. The molecule has 0 bridgehead atoms. The molecule has 3 amide bonds. The van der Waals surface area contributed by atoms with Crippen LogP contribution in [0.4, 0.5) is 11.4 Å². The lowest BCUT2D eigenvalue weighted by atomic mass is 9.59. The van der Waals surface area contributed by atoms with E-state index >= 15 is 0 Å². The number of ketones is 1. The number of aliphatic hydroxyl groups is 1. The first-order chi connectivity index (χ1) is 42.3. The van der Waals surface area contributed by atoms with E-state index in [2.05, 4.69) is 98.9 Å². The number of fused-ring (bicyclic) bond motifs is 6. The fourth-order valence-electron chi connectivity index (χ4n) is 15.5. The molecule has 2 unspecified atom stereocenters. The summed E-state index contributed by atoms with van der Waals surface area (Å²) in [5.74, 6) is 6.46. The summed E-state index contributed by atoms with van der Waals surface area (Å²) in [7, 11) is 1.85. The third kappa shape index (κ3) is 12.6. The van der Waals surface area contributed by atoms with Gasteiger partial charge in [0.05, 0.1) is 56.0 Å². The molecular formula is C75H90N6O7. The van der Waals surface area contributed by atoms with Crippen molar-refractivity contribution in [3.8, 4) is 11.8 Å². The van der Waals surface area contributed by atoms with Crippen LogP contribution in [0.2, 0.25) is 0 Å². The predicted octanol–water partition coefficient (Wildman–Crippen LogP) is 12.2. The highest BCUT2D eigenvalue weighted by Gasteiger charge is 2.48. The first kappa shape index (κ1) is 62.2. The van der Waals surface area contributed by atoms with E-state index in [1.807, 2.05) is 81.6 Å². The summed E-state index contributed by atoms with van der Waals surface area (Å²) < 4.78 is 11.8. The Labute approximate surface area is 522 Å². The predicted molar refractivity (Wildman–Crippen MR) is 351 cm³/mol. The summed E-state index contributed by atoms with van der Waals surface area (Å²) in [5, 5.41) is 14.2. The van der Waals surface area contributed by atoms with E-state index < -0.39 is 0 Å². The van der Waals surface area contributed by atoms with Crippen molar-refractivity contribution in [1.29, 1.82) is 0 Å². The van der Waals surface area contributed by atoms with Gasteiger partial charge in [0.25, 0.3) is 5.91 Å². The van der Waals surface area contributed by atoms with Crippen molar-refractivity contribution < 1.29 is 33.8 Å². The second kappa shape index (κ2) is 26.0. The number of Topliss-reactive ketones (excluding diaryl/α,β-unsaturated/α-hetero) is 1. The molecule has 0 saturated carbocycles. The number of nitrogens with zero attached hydrogens (tertiary/aromatic N) is 5. The van der Waals surface area contributed by atoms with Crippen molar-refractivity contribution in [2.75, 3.05) is 82.5 Å². The number of ether oxygens (including phenoxy) is 2. The summed E-state index contributed by atoms with van der Waals surface area (Å²) in [6.45, 7) is 23.8. The number of hydrogen-bond donors (Lipinski definition) is 2. The first-order valence-electron chi connectivity index (χ1n) is 32.4. The van der Waals surface area contributed by atoms with Gasteiger partial charge in [0.2, 0.25) is 11.8 Å². The molecule has 13 nitrogen and oxygen atoms in total. The topological polar surface area (TPSA) is 144 Å². The molecule has 88 heavy (non-hydrogen) atoms. The number of carbonyl (C=O) groups is 4.